The maximum atomic E-state index is 12.5. The molecule has 0 spiro atoms. The number of nitrogens with zero attached hydrogens (tertiary/aromatic N) is 1. The van der Waals surface area contributed by atoms with Crippen molar-refractivity contribution in [3.8, 4) is 5.75 Å². The number of ether oxygens (including phenoxy) is 1. The first kappa shape index (κ1) is 21.1. The van der Waals surface area contributed by atoms with Crippen LogP contribution in [-0.2, 0) is 21.4 Å². The van der Waals surface area contributed by atoms with Crippen molar-refractivity contribution in [3.05, 3.63) is 65.7 Å². The van der Waals surface area contributed by atoms with Crippen LogP contribution in [0.15, 0.2) is 59.5 Å². The molecule has 2 aromatic carbocycles. The second-order valence-electron chi connectivity index (χ2n) is 6.81. The standard InChI is InChI=1S/C22H26N2O4S/c1-2-28-20-10-5-18(6-11-20)9-14-22(25)23-17-19-7-12-21(13-8-19)29(26,27)24-15-3-4-16-24/h5-14H,2-4,15-17H2,1H3,(H,23,25)/b14-9+. The van der Waals surface area contributed by atoms with Crippen molar-refractivity contribution < 1.29 is 17.9 Å². The lowest BCUT2D eigenvalue weighted by molar-refractivity contribution is -0.116. The molecule has 7 heteroatoms. The second-order valence-corrected chi connectivity index (χ2v) is 8.75. The molecule has 29 heavy (non-hydrogen) atoms. The summed E-state index contributed by atoms with van der Waals surface area (Å²) in [6.45, 7) is 4.04. The molecule has 1 aliphatic heterocycles. The summed E-state index contributed by atoms with van der Waals surface area (Å²) in [6.07, 6.45) is 5.03. The van der Waals surface area contributed by atoms with E-state index in [-0.39, 0.29) is 5.91 Å². The van der Waals surface area contributed by atoms with E-state index in [1.54, 1.807) is 30.3 Å². The zero-order chi connectivity index (χ0) is 20.7. The summed E-state index contributed by atoms with van der Waals surface area (Å²) in [4.78, 5) is 12.3. The molecule has 0 aliphatic carbocycles. The van der Waals surface area contributed by atoms with Crippen LogP contribution in [0.1, 0.15) is 30.9 Å². The smallest absolute Gasteiger partial charge is 0.244 e. The molecule has 154 valence electrons. The number of amides is 1. The summed E-state index contributed by atoms with van der Waals surface area (Å²) < 4.78 is 32.0. The van der Waals surface area contributed by atoms with Crippen molar-refractivity contribution >= 4 is 22.0 Å². The molecular formula is C22H26N2O4S. The van der Waals surface area contributed by atoms with Crippen LogP contribution in [0, 0.1) is 0 Å². The predicted molar refractivity (Wildman–Crippen MR) is 113 cm³/mol. The van der Waals surface area contributed by atoms with E-state index in [2.05, 4.69) is 5.32 Å². The molecule has 0 atom stereocenters. The van der Waals surface area contributed by atoms with Crippen LogP contribution in [0.2, 0.25) is 0 Å². The van der Waals surface area contributed by atoms with E-state index in [1.807, 2.05) is 31.2 Å². The van der Waals surface area contributed by atoms with Gasteiger partial charge in [0.15, 0.2) is 0 Å². The molecule has 1 saturated heterocycles. The van der Waals surface area contributed by atoms with Gasteiger partial charge < -0.3 is 10.1 Å². The third kappa shape index (κ3) is 5.68. The van der Waals surface area contributed by atoms with E-state index < -0.39 is 10.0 Å². The fourth-order valence-electron chi connectivity index (χ4n) is 3.12. The van der Waals surface area contributed by atoms with Gasteiger partial charge in [-0.2, -0.15) is 4.31 Å². The third-order valence-corrected chi connectivity index (χ3v) is 6.62. The lowest BCUT2D eigenvalue weighted by atomic mass is 10.2. The maximum absolute atomic E-state index is 12.5. The molecule has 0 saturated carbocycles. The van der Waals surface area contributed by atoms with Crippen molar-refractivity contribution in [2.75, 3.05) is 19.7 Å². The number of nitrogens with one attached hydrogen (secondary N) is 1. The number of hydrogen-bond acceptors (Lipinski definition) is 4. The first-order valence-corrected chi connectivity index (χ1v) is 11.2. The molecule has 1 aliphatic rings. The Kier molecular flexibility index (Phi) is 7.06. The fourth-order valence-corrected chi connectivity index (χ4v) is 4.64. The molecule has 1 fully saturated rings. The number of rotatable bonds is 8. The van der Waals surface area contributed by atoms with E-state index in [0.717, 1.165) is 29.7 Å². The van der Waals surface area contributed by atoms with Gasteiger partial charge in [0.1, 0.15) is 5.75 Å². The normalized spacial score (nSPS) is 14.9. The van der Waals surface area contributed by atoms with Crippen molar-refractivity contribution in [2.45, 2.75) is 31.2 Å². The molecule has 0 radical (unpaired) electrons. The summed E-state index contributed by atoms with van der Waals surface area (Å²) in [5.41, 5.74) is 1.74. The zero-order valence-electron chi connectivity index (χ0n) is 16.5. The van der Waals surface area contributed by atoms with Crippen LogP contribution in [0.5, 0.6) is 5.75 Å². The first-order chi connectivity index (χ1) is 14.0. The van der Waals surface area contributed by atoms with E-state index >= 15 is 0 Å². The topological polar surface area (TPSA) is 75.7 Å². The van der Waals surface area contributed by atoms with Gasteiger partial charge in [-0.15, -0.1) is 0 Å². The summed E-state index contributed by atoms with van der Waals surface area (Å²) >= 11 is 0. The van der Waals surface area contributed by atoms with Crippen LogP contribution in [0.4, 0.5) is 0 Å². The van der Waals surface area contributed by atoms with Crippen LogP contribution in [-0.4, -0.2) is 38.3 Å². The predicted octanol–water partition coefficient (Wildman–Crippen LogP) is 3.20. The van der Waals surface area contributed by atoms with Crippen LogP contribution in [0.25, 0.3) is 6.08 Å². The Labute approximate surface area is 172 Å². The minimum absolute atomic E-state index is 0.215. The molecule has 0 aromatic heterocycles. The Morgan fingerprint density at radius 2 is 1.72 bits per heavy atom. The maximum Gasteiger partial charge on any atom is 0.244 e. The molecule has 2 aromatic rings. The number of hydrogen-bond donors (Lipinski definition) is 1. The third-order valence-electron chi connectivity index (χ3n) is 4.71. The summed E-state index contributed by atoms with van der Waals surface area (Å²) in [5.74, 6) is 0.581. The largest absolute Gasteiger partial charge is 0.494 e. The van der Waals surface area contributed by atoms with Crippen molar-refractivity contribution in [1.29, 1.82) is 0 Å². The molecule has 1 N–H and O–H groups in total. The van der Waals surface area contributed by atoms with Gasteiger partial charge in [0.2, 0.25) is 15.9 Å². The van der Waals surface area contributed by atoms with Gasteiger partial charge in [-0.3, -0.25) is 4.79 Å². The Bertz CT molecular complexity index is 945. The number of carbonyl (C=O) groups excluding carboxylic acids is 1. The highest BCUT2D eigenvalue weighted by Crippen LogP contribution is 2.21. The van der Waals surface area contributed by atoms with E-state index in [9.17, 15) is 13.2 Å². The summed E-state index contributed by atoms with van der Waals surface area (Å²) in [7, 11) is -3.41. The molecule has 1 heterocycles. The highest BCUT2D eigenvalue weighted by atomic mass is 32.2. The molecule has 1 amide bonds. The molecule has 0 bridgehead atoms. The highest BCUT2D eigenvalue weighted by molar-refractivity contribution is 7.89. The molecule has 3 rings (SSSR count). The molecule has 0 unspecified atom stereocenters. The van der Waals surface area contributed by atoms with Gasteiger partial charge in [-0.1, -0.05) is 24.3 Å². The Morgan fingerprint density at radius 3 is 2.34 bits per heavy atom. The summed E-state index contributed by atoms with van der Waals surface area (Å²) in [5, 5.41) is 2.80. The van der Waals surface area contributed by atoms with E-state index in [1.165, 1.54) is 10.4 Å². The van der Waals surface area contributed by atoms with E-state index in [0.29, 0.717) is 31.1 Å². The minimum atomic E-state index is -3.41. The van der Waals surface area contributed by atoms with Gasteiger partial charge in [-0.05, 0) is 61.2 Å². The quantitative estimate of drug-likeness (QED) is 0.673. The Hall–Kier alpha value is -2.64. The second kappa shape index (κ2) is 9.71. The van der Waals surface area contributed by atoms with Crippen LogP contribution in [0.3, 0.4) is 0 Å². The lowest BCUT2D eigenvalue weighted by Crippen LogP contribution is -2.27. The monoisotopic (exact) mass is 414 g/mol. The minimum Gasteiger partial charge on any atom is -0.494 e. The molecule has 6 nitrogen and oxygen atoms in total. The number of sulfonamides is 1. The van der Waals surface area contributed by atoms with Crippen molar-refractivity contribution in [3.63, 3.8) is 0 Å². The lowest BCUT2D eigenvalue weighted by Gasteiger charge is -2.15. The molecular weight excluding hydrogens is 388 g/mol. The van der Waals surface area contributed by atoms with Crippen molar-refractivity contribution in [1.82, 2.24) is 9.62 Å². The average Bonchev–Trinajstić information content (AvgIpc) is 3.28. The Morgan fingerprint density at radius 1 is 1.07 bits per heavy atom. The van der Waals surface area contributed by atoms with Crippen LogP contribution >= 0.6 is 0 Å². The van der Waals surface area contributed by atoms with Gasteiger partial charge >= 0.3 is 0 Å². The van der Waals surface area contributed by atoms with Gasteiger partial charge in [-0.25, -0.2) is 8.42 Å². The SMILES string of the molecule is CCOc1ccc(/C=C/C(=O)NCc2ccc(S(=O)(=O)N3CCCC3)cc2)cc1. The summed E-state index contributed by atoms with van der Waals surface area (Å²) in [6, 6.07) is 14.2. The number of benzene rings is 2. The first-order valence-electron chi connectivity index (χ1n) is 9.77. The fraction of sp³-hybridized carbons (Fsp3) is 0.318. The number of carbonyl (C=O) groups is 1. The zero-order valence-corrected chi connectivity index (χ0v) is 17.3. The van der Waals surface area contributed by atoms with Crippen LogP contribution < -0.4 is 10.1 Å². The Balaban J connectivity index is 1.52. The highest BCUT2D eigenvalue weighted by Gasteiger charge is 2.26. The van der Waals surface area contributed by atoms with Gasteiger partial charge in [0.25, 0.3) is 0 Å². The van der Waals surface area contributed by atoms with Gasteiger partial charge in [0, 0.05) is 25.7 Å². The van der Waals surface area contributed by atoms with E-state index in [4.69, 9.17) is 4.74 Å². The van der Waals surface area contributed by atoms with Crippen molar-refractivity contribution in [2.24, 2.45) is 0 Å². The van der Waals surface area contributed by atoms with Gasteiger partial charge in [0.05, 0.1) is 11.5 Å². The average molecular weight is 415 g/mol.